The maximum absolute atomic E-state index is 11.7. The molecule has 18 heavy (non-hydrogen) atoms. The molecule has 0 spiro atoms. The maximum Gasteiger partial charge on any atom is 0.308 e. The van der Waals surface area contributed by atoms with Crippen LogP contribution >= 0.6 is 0 Å². The average molecular weight is 244 g/mol. The summed E-state index contributed by atoms with van der Waals surface area (Å²) in [6.45, 7) is 0.514. The Bertz CT molecular complexity index is 533. The molecule has 0 bridgehead atoms. The molecule has 2 rings (SSSR count). The molecule has 1 amide bonds. The summed E-state index contributed by atoms with van der Waals surface area (Å²) in [4.78, 5) is 24.0. The van der Waals surface area contributed by atoms with E-state index < -0.39 is 11.9 Å². The normalized spacial score (nSPS) is 18.7. The summed E-state index contributed by atoms with van der Waals surface area (Å²) in [7, 11) is 0. The molecule has 1 aliphatic heterocycles. The second kappa shape index (κ2) is 4.88. The van der Waals surface area contributed by atoms with Crippen LogP contribution in [0, 0.1) is 17.2 Å². The molecular formula is C13H12N2O3. The molecule has 0 saturated carbocycles. The number of nitrogens with zero attached hydrogens (tertiary/aromatic N) is 2. The zero-order valence-electron chi connectivity index (χ0n) is 9.67. The first-order valence-corrected chi connectivity index (χ1v) is 5.60. The highest BCUT2D eigenvalue weighted by Crippen LogP contribution is 2.21. The van der Waals surface area contributed by atoms with E-state index in [4.69, 9.17) is 10.4 Å². The first kappa shape index (κ1) is 12.1. The number of nitriles is 1. The highest BCUT2D eigenvalue weighted by molar-refractivity contribution is 5.86. The molecule has 5 nitrogen and oxygen atoms in total. The molecule has 1 unspecified atom stereocenters. The number of hydrogen-bond acceptors (Lipinski definition) is 3. The second-order valence-electron chi connectivity index (χ2n) is 4.28. The van der Waals surface area contributed by atoms with E-state index in [0.717, 1.165) is 5.56 Å². The van der Waals surface area contributed by atoms with Crippen LogP contribution in [0.15, 0.2) is 24.3 Å². The topological polar surface area (TPSA) is 81.4 Å². The minimum absolute atomic E-state index is 0.0457. The lowest BCUT2D eigenvalue weighted by molar-refractivity contribution is -0.141. The molecule has 1 fully saturated rings. The fraction of sp³-hybridized carbons (Fsp3) is 0.308. The van der Waals surface area contributed by atoms with Crippen LogP contribution in [0.25, 0.3) is 0 Å². The van der Waals surface area contributed by atoms with Crippen molar-refractivity contribution in [1.29, 1.82) is 5.26 Å². The summed E-state index contributed by atoms with van der Waals surface area (Å²) in [5, 5.41) is 17.8. The standard InChI is InChI=1S/C13H12N2O3/c14-6-9-3-1-2-4-10(9)7-15-8-11(13(17)18)5-12(15)16/h1-4,11H,5,7-8H2,(H,17,18). The number of benzene rings is 1. The lowest BCUT2D eigenvalue weighted by Gasteiger charge is -2.16. The van der Waals surface area contributed by atoms with E-state index in [2.05, 4.69) is 6.07 Å². The van der Waals surface area contributed by atoms with Crippen molar-refractivity contribution >= 4 is 11.9 Å². The summed E-state index contributed by atoms with van der Waals surface area (Å²) in [6, 6.07) is 9.08. The molecule has 1 N–H and O–H groups in total. The number of hydrogen-bond donors (Lipinski definition) is 1. The molecule has 1 atom stereocenters. The highest BCUT2D eigenvalue weighted by atomic mass is 16.4. The van der Waals surface area contributed by atoms with E-state index in [9.17, 15) is 9.59 Å². The maximum atomic E-state index is 11.7. The summed E-state index contributed by atoms with van der Waals surface area (Å²) in [6.07, 6.45) is 0.0457. The van der Waals surface area contributed by atoms with E-state index in [1.165, 1.54) is 4.90 Å². The van der Waals surface area contributed by atoms with Crippen molar-refractivity contribution in [2.24, 2.45) is 5.92 Å². The van der Waals surface area contributed by atoms with Crippen molar-refractivity contribution < 1.29 is 14.7 Å². The van der Waals surface area contributed by atoms with Gasteiger partial charge in [-0.3, -0.25) is 9.59 Å². The third-order valence-corrected chi connectivity index (χ3v) is 3.06. The van der Waals surface area contributed by atoms with Gasteiger partial charge in [-0.2, -0.15) is 5.26 Å². The van der Waals surface area contributed by atoms with Crippen LogP contribution in [-0.2, 0) is 16.1 Å². The molecule has 1 saturated heterocycles. The quantitative estimate of drug-likeness (QED) is 0.859. The molecule has 0 aromatic heterocycles. The molecule has 5 heteroatoms. The molecule has 1 aliphatic rings. The second-order valence-corrected chi connectivity index (χ2v) is 4.28. The van der Waals surface area contributed by atoms with Gasteiger partial charge in [-0.05, 0) is 11.6 Å². The van der Waals surface area contributed by atoms with Gasteiger partial charge in [0.1, 0.15) is 0 Å². The predicted octanol–water partition coefficient (Wildman–Crippen LogP) is 0.991. The van der Waals surface area contributed by atoms with Gasteiger partial charge in [-0.1, -0.05) is 18.2 Å². The molecule has 1 aromatic rings. The van der Waals surface area contributed by atoms with Crippen molar-refractivity contribution in [3.63, 3.8) is 0 Å². The van der Waals surface area contributed by atoms with Gasteiger partial charge in [0, 0.05) is 19.5 Å². The Morgan fingerprint density at radius 3 is 2.83 bits per heavy atom. The molecule has 92 valence electrons. The zero-order valence-corrected chi connectivity index (χ0v) is 9.67. The van der Waals surface area contributed by atoms with Crippen molar-refractivity contribution in [3.05, 3.63) is 35.4 Å². The van der Waals surface area contributed by atoms with E-state index in [1.54, 1.807) is 24.3 Å². The van der Waals surface area contributed by atoms with Crippen molar-refractivity contribution in [1.82, 2.24) is 4.90 Å². The van der Waals surface area contributed by atoms with Gasteiger partial charge in [0.15, 0.2) is 0 Å². The van der Waals surface area contributed by atoms with Crippen LogP contribution in [0.1, 0.15) is 17.5 Å². The van der Waals surface area contributed by atoms with Gasteiger partial charge < -0.3 is 10.0 Å². The van der Waals surface area contributed by atoms with Crippen molar-refractivity contribution in [3.8, 4) is 6.07 Å². The number of carbonyl (C=O) groups excluding carboxylic acids is 1. The summed E-state index contributed by atoms with van der Waals surface area (Å²) >= 11 is 0. The fourth-order valence-corrected chi connectivity index (χ4v) is 2.06. The fourth-order valence-electron chi connectivity index (χ4n) is 2.06. The van der Waals surface area contributed by atoms with Gasteiger partial charge in [0.05, 0.1) is 17.6 Å². The lowest BCUT2D eigenvalue weighted by Crippen LogP contribution is -2.26. The Morgan fingerprint density at radius 2 is 2.22 bits per heavy atom. The minimum atomic E-state index is -0.945. The van der Waals surface area contributed by atoms with E-state index in [1.807, 2.05) is 0 Å². The Morgan fingerprint density at radius 1 is 1.50 bits per heavy atom. The highest BCUT2D eigenvalue weighted by Gasteiger charge is 2.34. The number of amides is 1. The number of rotatable bonds is 3. The molecule has 1 aromatic carbocycles. The van der Waals surface area contributed by atoms with Crippen LogP contribution in [-0.4, -0.2) is 28.4 Å². The van der Waals surface area contributed by atoms with Gasteiger partial charge in [0.25, 0.3) is 0 Å². The summed E-state index contributed by atoms with van der Waals surface area (Å²) in [5.41, 5.74) is 1.27. The Balaban J connectivity index is 2.13. The average Bonchev–Trinajstić information content (AvgIpc) is 2.72. The largest absolute Gasteiger partial charge is 0.481 e. The number of carboxylic acids is 1. The van der Waals surface area contributed by atoms with Crippen LogP contribution < -0.4 is 0 Å². The van der Waals surface area contributed by atoms with Gasteiger partial charge >= 0.3 is 5.97 Å². The number of aliphatic carboxylic acids is 1. The number of likely N-dealkylation sites (tertiary alicyclic amines) is 1. The lowest BCUT2D eigenvalue weighted by atomic mass is 10.1. The van der Waals surface area contributed by atoms with Gasteiger partial charge in [0.2, 0.25) is 5.91 Å². The van der Waals surface area contributed by atoms with E-state index >= 15 is 0 Å². The SMILES string of the molecule is N#Cc1ccccc1CN1CC(C(=O)O)CC1=O. The smallest absolute Gasteiger partial charge is 0.308 e. The number of carbonyl (C=O) groups is 2. The Labute approximate surface area is 104 Å². The Hall–Kier alpha value is -2.35. The van der Waals surface area contributed by atoms with Crippen molar-refractivity contribution in [2.75, 3.05) is 6.54 Å². The third-order valence-electron chi connectivity index (χ3n) is 3.06. The van der Waals surface area contributed by atoms with Crippen molar-refractivity contribution in [2.45, 2.75) is 13.0 Å². The summed E-state index contributed by atoms with van der Waals surface area (Å²) < 4.78 is 0. The van der Waals surface area contributed by atoms with Gasteiger partial charge in [-0.25, -0.2) is 0 Å². The molecule has 0 aliphatic carbocycles. The van der Waals surface area contributed by atoms with E-state index in [0.29, 0.717) is 12.1 Å². The first-order chi connectivity index (χ1) is 8.61. The Kier molecular flexibility index (Phi) is 3.28. The monoisotopic (exact) mass is 244 g/mol. The third kappa shape index (κ3) is 2.33. The van der Waals surface area contributed by atoms with Crippen LogP contribution in [0.4, 0.5) is 0 Å². The predicted molar refractivity (Wildman–Crippen MR) is 62.3 cm³/mol. The first-order valence-electron chi connectivity index (χ1n) is 5.60. The molecular weight excluding hydrogens is 232 g/mol. The van der Waals surface area contributed by atoms with Crippen LogP contribution in [0.5, 0.6) is 0 Å². The number of carboxylic acid groups (broad SMARTS) is 1. The van der Waals surface area contributed by atoms with Crippen LogP contribution in [0.3, 0.4) is 0 Å². The minimum Gasteiger partial charge on any atom is -0.481 e. The zero-order chi connectivity index (χ0) is 13.1. The summed E-state index contributed by atoms with van der Waals surface area (Å²) in [5.74, 6) is -1.75. The van der Waals surface area contributed by atoms with Gasteiger partial charge in [-0.15, -0.1) is 0 Å². The molecule has 1 heterocycles. The molecule has 0 radical (unpaired) electrons. The van der Waals surface area contributed by atoms with E-state index in [-0.39, 0.29) is 18.9 Å². The van der Waals surface area contributed by atoms with Crippen LogP contribution in [0.2, 0.25) is 0 Å².